The minimum atomic E-state index is -0.0523. The molecule has 18 heavy (non-hydrogen) atoms. The van der Waals surface area contributed by atoms with Gasteiger partial charge in [-0.1, -0.05) is 18.2 Å². The summed E-state index contributed by atoms with van der Waals surface area (Å²) in [6.45, 7) is 0. The minimum absolute atomic E-state index is 0.0523. The van der Waals surface area contributed by atoms with Crippen LogP contribution in [0.4, 0.5) is 0 Å². The quantitative estimate of drug-likeness (QED) is 0.558. The van der Waals surface area contributed by atoms with Gasteiger partial charge in [0.15, 0.2) is 0 Å². The fourth-order valence-electron chi connectivity index (χ4n) is 1.94. The van der Waals surface area contributed by atoms with Crippen molar-refractivity contribution in [3.05, 3.63) is 52.7 Å². The molecule has 1 atom stereocenters. The Labute approximate surface area is 108 Å². The molecule has 3 N–H and O–H groups in total. The molecule has 1 unspecified atom stereocenters. The molecule has 3 rings (SSSR count). The molecular weight excluding hydrogens is 246 g/mol. The second kappa shape index (κ2) is 4.89. The molecule has 92 valence electrons. The summed E-state index contributed by atoms with van der Waals surface area (Å²) in [5.74, 6) is 6.45. The van der Waals surface area contributed by atoms with Crippen molar-refractivity contribution >= 4 is 22.3 Å². The van der Waals surface area contributed by atoms with E-state index in [1.54, 1.807) is 17.5 Å². The first-order valence-electron chi connectivity index (χ1n) is 5.70. The van der Waals surface area contributed by atoms with Gasteiger partial charge >= 0.3 is 0 Å². The van der Waals surface area contributed by atoms with Gasteiger partial charge < -0.3 is 4.42 Å². The third-order valence-corrected chi connectivity index (χ3v) is 3.65. The van der Waals surface area contributed by atoms with E-state index in [0.29, 0.717) is 0 Å². The summed E-state index contributed by atoms with van der Waals surface area (Å²) in [7, 11) is 0. The van der Waals surface area contributed by atoms with Crippen LogP contribution >= 0.6 is 11.3 Å². The molecule has 2 aromatic heterocycles. The Kier molecular flexibility index (Phi) is 3.10. The summed E-state index contributed by atoms with van der Waals surface area (Å²) in [6.07, 6.45) is 2.53. The zero-order chi connectivity index (χ0) is 12.4. The molecule has 1 aromatic carbocycles. The summed E-state index contributed by atoms with van der Waals surface area (Å²) in [5.41, 5.74) is 3.67. The number of nitrogens with zero attached hydrogens (tertiary/aromatic N) is 1. The predicted octanol–water partition coefficient (Wildman–Crippen LogP) is 2.64. The molecule has 0 amide bonds. The summed E-state index contributed by atoms with van der Waals surface area (Å²) < 4.78 is 5.80. The number of fused-ring (bicyclic) bond motifs is 1. The Bertz CT molecular complexity index is 600. The number of hydrogen-bond donors (Lipinski definition) is 2. The smallest absolute Gasteiger partial charge is 0.134 e. The number of hydrogen-bond acceptors (Lipinski definition) is 5. The van der Waals surface area contributed by atoms with Crippen LogP contribution in [0.3, 0.4) is 0 Å². The van der Waals surface area contributed by atoms with E-state index in [1.807, 2.05) is 35.7 Å². The summed E-state index contributed by atoms with van der Waals surface area (Å²) in [5, 5.41) is 4.09. The van der Waals surface area contributed by atoms with Crippen molar-refractivity contribution in [1.29, 1.82) is 0 Å². The molecule has 0 bridgehead atoms. The van der Waals surface area contributed by atoms with Crippen molar-refractivity contribution in [2.45, 2.75) is 12.5 Å². The largest absolute Gasteiger partial charge is 0.459 e. The number of benzene rings is 1. The van der Waals surface area contributed by atoms with Crippen LogP contribution in [0.25, 0.3) is 11.0 Å². The van der Waals surface area contributed by atoms with E-state index in [0.717, 1.165) is 28.2 Å². The first-order valence-corrected chi connectivity index (χ1v) is 6.58. The van der Waals surface area contributed by atoms with E-state index in [4.69, 9.17) is 10.3 Å². The zero-order valence-corrected chi connectivity index (χ0v) is 10.5. The lowest BCUT2D eigenvalue weighted by atomic mass is 10.1. The van der Waals surface area contributed by atoms with Gasteiger partial charge in [-0.25, -0.2) is 10.4 Å². The Morgan fingerprint density at radius 1 is 1.39 bits per heavy atom. The maximum absolute atomic E-state index is 5.80. The molecule has 5 heteroatoms. The maximum Gasteiger partial charge on any atom is 0.134 e. The number of aromatic nitrogens is 1. The Morgan fingerprint density at radius 2 is 2.28 bits per heavy atom. The van der Waals surface area contributed by atoms with E-state index in [2.05, 4.69) is 10.4 Å². The van der Waals surface area contributed by atoms with Crippen molar-refractivity contribution in [1.82, 2.24) is 10.4 Å². The summed E-state index contributed by atoms with van der Waals surface area (Å²) >= 11 is 1.62. The van der Waals surface area contributed by atoms with Crippen molar-refractivity contribution < 1.29 is 4.42 Å². The van der Waals surface area contributed by atoms with Crippen LogP contribution in [0.1, 0.15) is 16.8 Å². The van der Waals surface area contributed by atoms with Crippen molar-refractivity contribution in [3.63, 3.8) is 0 Å². The van der Waals surface area contributed by atoms with Crippen molar-refractivity contribution in [2.24, 2.45) is 5.84 Å². The van der Waals surface area contributed by atoms with Crippen LogP contribution in [0.5, 0.6) is 0 Å². The lowest BCUT2D eigenvalue weighted by molar-refractivity contribution is 0.434. The van der Waals surface area contributed by atoms with Crippen LogP contribution in [0.15, 0.2) is 46.3 Å². The third kappa shape index (κ3) is 2.15. The van der Waals surface area contributed by atoms with E-state index in [9.17, 15) is 0 Å². The first-order chi connectivity index (χ1) is 8.86. The fraction of sp³-hybridized carbons (Fsp3) is 0.154. The molecular formula is C13H13N3OS. The van der Waals surface area contributed by atoms with E-state index in [1.165, 1.54) is 0 Å². The average molecular weight is 259 g/mol. The lowest BCUT2D eigenvalue weighted by Crippen LogP contribution is -2.29. The highest BCUT2D eigenvalue weighted by atomic mass is 32.1. The highest BCUT2D eigenvalue weighted by molar-refractivity contribution is 7.09. The van der Waals surface area contributed by atoms with Crippen molar-refractivity contribution in [2.75, 3.05) is 0 Å². The second-order valence-corrected chi connectivity index (χ2v) is 5.01. The molecule has 0 radical (unpaired) electrons. The number of furan rings is 1. The van der Waals surface area contributed by atoms with Gasteiger partial charge in [-0.2, -0.15) is 0 Å². The van der Waals surface area contributed by atoms with Gasteiger partial charge in [-0.15, -0.1) is 11.3 Å². The first kappa shape index (κ1) is 11.4. The third-order valence-electron chi connectivity index (χ3n) is 2.85. The van der Waals surface area contributed by atoms with Gasteiger partial charge in [0.05, 0.1) is 11.0 Å². The molecule has 0 saturated heterocycles. The highest BCUT2D eigenvalue weighted by Crippen LogP contribution is 2.26. The van der Waals surface area contributed by atoms with Crippen LogP contribution in [-0.4, -0.2) is 4.98 Å². The second-order valence-electron chi connectivity index (χ2n) is 4.04. The number of rotatable bonds is 4. The average Bonchev–Trinajstić information content (AvgIpc) is 3.04. The van der Waals surface area contributed by atoms with Gasteiger partial charge in [0.1, 0.15) is 11.3 Å². The SMILES string of the molecule is NNC(Cc1nccs1)c1cc2ccccc2o1. The number of hydrazine groups is 1. The monoisotopic (exact) mass is 259 g/mol. The van der Waals surface area contributed by atoms with Crippen LogP contribution in [0.2, 0.25) is 0 Å². The standard InChI is InChI=1S/C13H13N3OS/c14-16-10(8-13-15-5-6-18-13)12-7-9-3-1-2-4-11(9)17-12/h1-7,10,16H,8,14H2. The van der Waals surface area contributed by atoms with Crippen molar-refractivity contribution in [3.8, 4) is 0 Å². The Morgan fingerprint density at radius 3 is 3.00 bits per heavy atom. The number of nitrogens with two attached hydrogens (primary N) is 1. The minimum Gasteiger partial charge on any atom is -0.459 e. The predicted molar refractivity (Wildman–Crippen MR) is 72.1 cm³/mol. The van der Waals surface area contributed by atoms with E-state index in [-0.39, 0.29) is 6.04 Å². The van der Waals surface area contributed by atoms with Gasteiger partial charge in [-0.05, 0) is 12.1 Å². The van der Waals surface area contributed by atoms with Crippen LogP contribution in [0, 0.1) is 0 Å². The molecule has 0 saturated carbocycles. The molecule has 0 aliphatic heterocycles. The van der Waals surface area contributed by atoms with Gasteiger partial charge in [-0.3, -0.25) is 5.84 Å². The molecule has 0 aliphatic carbocycles. The molecule has 4 nitrogen and oxygen atoms in total. The fourth-order valence-corrected chi connectivity index (χ4v) is 2.61. The van der Waals surface area contributed by atoms with E-state index < -0.39 is 0 Å². The van der Waals surface area contributed by atoms with Gasteiger partial charge in [0.2, 0.25) is 0 Å². The number of thiazole rings is 1. The molecule has 3 aromatic rings. The molecule has 0 fully saturated rings. The summed E-state index contributed by atoms with van der Waals surface area (Å²) in [4.78, 5) is 4.26. The molecule has 0 spiro atoms. The van der Waals surface area contributed by atoms with Gasteiger partial charge in [0, 0.05) is 23.4 Å². The maximum atomic E-state index is 5.80. The topological polar surface area (TPSA) is 64.1 Å². The Balaban J connectivity index is 1.90. The number of para-hydroxylation sites is 1. The lowest BCUT2D eigenvalue weighted by Gasteiger charge is -2.10. The van der Waals surface area contributed by atoms with Gasteiger partial charge in [0.25, 0.3) is 0 Å². The number of nitrogens with one attached hydrogen (secondary N) is 1. The highest BCUT2D eigenvalue weighted by Gasteiger charge is 2.16. The normalized spacial score (nSPS) is 12.9. The van der Waals surface area contributed by atoms with Crippen LogP contribution < -0.4 is 11.3 Å². The van der Waals surface area contributed by atoms with Crippen LogP contribution in [-0.2, 0) is 6.42 Å². The van der Waals surface area contributed by atoms with E-state index >= 15 is 0 Å². The zero-order valence-electron chi connectivity index (χ0n) is 9.67. The summed E-state index contributed by atoms with van der Waals surface area (Å²) in [6, 6.07) is 9.90. The molecule has 0 aliphatic rings. The Hall–Kier alpha value is -1.69. The molecule has 2 heterocycles.